The SMILES string of the molecule is Cc1c(OCC2CCC2)ccc(OCC2CCC2)c1C. The first-order valence-corrected chi connectivity index (χ1v) is 8.10. The van der Waals surface area contributed by atoms with E-state index in [0.29, 0.717) is 0 Å². The van der Waals surface area contributed by atoms with Crippen molar-refractivity contribution in [3.8, 4) is 11.5 Å². The molecule has 20 heavy (non-hydrogen) atoms. The van der Waals surface area contributed by atoms with E-state index in [0.717, 1.165) is 36.5 Å². The quantitative estimate of drug-likeness (QED) is 0.751. The highest BCUT2D eigenvalue weighted by Gasteiger charge is 2.20. The van der Waals surface area contributed by atoms with E-state index < -0.39 is 0 Å². The van der Waals surface area contributed by atoms with Gasteiger partial charge in [-0.15, -0.1) is 0 Å². The van der Waals surface area contributed by atoms with Gasteiger partial charge >= 0.3 is 0 Å². The van der Waals surface area contributed by atoms with Gasteiger partial charge in [0.05, 0.1) is 13.2 Å². The van der Waals surface area contributed by atoms with Crippen molar-refractivity contribution in [1.82, 2.24) is 0 Å². The molecule has 0 amide bonds. The highest BCUT2D eigenvalue weighted by Crippen LogP contribution is 2.33. The molecule has 0 saturated heterocycles. The Morgan fingerprint density at radius 1 is 0.800 bits per heavy atom. The Morgan fingerprint density at radius 3 is 1.50 bits per heavy atom. The zero-order chi connectivity index (χ0) is 13.9. The fourth-order valence-corrected chi connectivity index (χ4v) is 2.82. The van der Waals surface area contributed by atoms with E-state index in [-0.39, 0.29) is 0 Å². The second kappa shape index (κ2) is 6.07. The maximum atomic E-state index is 5.98. The number of ether oxygens (including phenoxy) is 2. The molecule has 0 unspecified atom stereocenters. The summed E-state index contributed by atoms with van der Waals surface area (Å²) in [5.74, 6) is 3.63. The largest absolute Gasteiger partial charge is 0.493 e. The van der Waals surface area contributed by atoms with E-state index in [1.807, 2.05) is 0 Å². The average Bonchev–Trinajstić information content (AvgIpc) is 2.33. The highest BCUT2D eigenvalue weighted by molar-refractivity contribution is 5.47. The van der Waals surface area contributed by atoms with Gasteiger partial charge in [-0.1, -0.05) is 12.8 Å². The van der Waals surface area contributed by atoms with Crippen molar-refractivity contribution in [2.45, 2.75) is 52.4 Å². The average molecular weight is 274 g/mol. The molecule has 2 nitrogen and oxygen atoms in total. The molecule has 1 aromatic carbocycles. The summed E-state index contributed by atoms with van der Waals surface area (Å²) in [5, 5.41) is 0. The van der Waals surface area contributed by atoms with Gasteiger partial charge in [0, 0.05) is 0 Å². The Hall–Kier alpha value is -1.18. The molecule has 0 spiro atoms. The van der Waals surface area contributed by atoms with Crippen molar-refractivity contribution in [1.29, 1.82) is 0 Å². The summed E-state index contributed by atoms with van der Waals surface area (Å²) < 4.78 is 12.0. The summed E-state index contributed by atoms with van der Waals surface area (Å²) in [6, 6.07) is 4.16. The lowest BCUT2D eigenvalue weighted by Crippen LogP contribution is -2.20. The number of hydrogen-bond donors (Lipinski definition) is 0. The third-order valence-corrected chi connectivity index (χ3v) is 5.09. The molecule has 2 fully saturated rings. The van der Waals surface area contributed by atoms with Crippen LogP contribution >= 0.6 is 0 Å². The molecule has 2 saturated carbocycles. The summed E-state index contributed by atoms with van der Waals surface area (Å²) in [5.41, 5.74) is 2.46. The molecule has 0 aromatic heterocycles. The lowest BCUT2D eigenvalue weighted by atomic mass is 9.86. The van der Waals surface area contributed by atoms with E-state index in [1.54, 1.807) is 0 Å². The van der Waals surface area contributed by atoms with E-state index in [9.17, 15) is 0 Å². The topological polar surface area (TPSA) is 18.5 Å². The maximum Gasteiger partial charge on any atom is 0.122 e. The third-order valence-electron chi connectivity index (χ3n) is 5.09. The van der Waals surface area contributed by atoms with Gasteiger partial charge < -0.3 is 9.47 Å². The second-order valence-electron chi connectivity index (χ2n) is 6.53. The van der Waals surface area contributed by atoms with Crippen LogP contribution in [-0.4, -0.2) is 13.2 Å². The van der Waals surface area contributed by atoms with E-state index in [1.165, 1.54) is 49.7 Å². The first-order valence-electron chi connectivity index (χ1n) is 8.10. The molecule has 1 aromatic rings. The summed E-state index contributed by atoms with van der Waals surface area (Å²) in [6.07, 6.45) is 8.09. The molecular formula is C18H26O2. The molecule has 2 aliphatic rings. The van der Waals surface area contributed by atoms with Crippen LogP contribution in [0.3, 0.4) is 0 Å². The molecule has 0 atom stereocenters. The van der Waals surface area contributed by atoms with Crippen LogP contribution in [0.25, 0.3) is 0 Å². The molecule has 0 bridgehead atoms. The molecule has 110 valence electrons. The highest BCUT2D eigenvalue weighted by atomic mass is 16.5. The third kappa shape index (κ3) is 2.94. The van der Waals surface area contributed by atoms with Crippen molar-refractivity contribution >= 4 is 0 Å². The van der Waals surface area contributed by atoms with Gasteiger partial charge in [-0.05, 0) is 74.6 Å². The fourth-order valence-electron chi connectivity index (χ4n) is 2.82. The maximum absolute atomic E-state index is 5.98. The van der Waals surface area contributed by atoms with Crippen molar-refractivity contribution in [2.75, 3.05) is 13.2 Å². The van der Waals surface area contributed by atoms with Gasteiger partial charge in [-0.25, -0.2) is 0 Å². The minimum absolute atomic E-state index is 0.782. The van der Waals surface area contributed by atoms with Gasteiger partial charge in [0.2, 0.25) is 0 Å². The predicted molar refractivity (Wildman–Crippen MR) is 81.6 cm³/mol. The smallest absolute Gasteiger partial charge is 0.122 e. The molecule has 2 heteroatoms. The van der Waals surface area contributed by atoms with Crippen molar-refractivity contribution in [3.05, 3.63) is 23.3 Å². The Labute approximate surface area is 122 Å². The molecule has 0 radical (unpaired) electrons. The Balaban J connectivity index is 1.59. The lowest BCUT2D eigenvalue weighted by Gasteiger charge is -2.27. The van der Waals surface area contributed by atoms with Gasteiger partial charge in [0.15, 0.2) is 0 Å². The van der Waals surface area contributed by atoms with Crippen LogP contribution in [0.4, 0.5) is 0 Å². The van der Waals surface area contributed by atoms with E-state index in [4.69, 9.17) is 9.47 Å². The van der Waals surface area contributed by atoms with Gasteiger partial charge in [-0.3, -0.25) is 0 Å². The Bertz CT molecular complexity index is 416. The standard InChI is InChI=1S/C18H26O2/c1-13-14(2)18(20-12-16-7-4-8-16)10-9-17(13)19-11-15-5-3-6-15/h9-10,15-16H,3-8,11-12H2,1-2H3. The van der Waals surface area contributed by atoms with Gasteiger partial charge in [0.25, 0.3) is 0 Å². The summed E-state index contributed by atoms with van der Waals surface area (Å²) in [7, 11) is 0. The molecule has 3 rings (SSSR count). The molecular weight excluding hydrogens is 248 g/mol. The van der Waals surface area contributed by atoms with Crippen LogP contribution in [0.1, 0.15) is 49.7 Å². The van der Waals surface area contributed by atoms with Crippen LogP contribution in [-0.2, 0) is 0 Å². The zero-order valence-electron chi connectivity index (χ0n) is 12.8. The van der Waals surface area contributed by atoms with Gasteiger partial charge in [0.1, 0.15) is 11.5 Å². The van der Waals surface area contributed by atoms with E-state index >= 15 is 0 Å². The van der Waals surface area contributed by atoms with Crippen molar-refractivity contribution < 1.29 is 9.47 Å². The predicted octanol–water partition coefficient (Wildman–Crippen LogP) is 4.66. The zero-order valence-corrected chi connectivity index (χ0v) is 12.8. The van der Waals surface area contributed by atoms with Crippen LogP contribution in [0.15, 0.2) is 12.1 Å². The van der Waals surface area contributed by atoms with Gasteiger partial charge in [-0.2, -0.15) is 0 Å². The van der Waals surface area contributed by atoms with E-state index in [2.05, 4.69) is 26.0 Å². The number of hydrogen-bond acceptors (Lipinski definition) is 2. The molecule has 0 N–H and O–H groups in total. The fraction of sp³-hybridized carbons (Fsp3) is 0.667. The second-order valence-corrected chi connectivity index (χ2v) is 6.53. The minimum atomic E-state index is 0.782. The lowest BCUT2D eigenvalue weighted by molar-refractivity contribution is 0.175. The normalized spacial score (nSPS) is 19.3. The van der Waals surface area contributed by atoms with Crippen molar-refractivity contribution in [3.63, 3.8) is 0 Å². The summed E-state index contributed by atoms with van der Waals surface area (Å²) >= 11 is 0. The van der Waals surface area contributed by atoms with Crippen molar-refractivity contribution in [2.24, 2.45) is 11.8 Å². The minimum Gasteiger partial charge on any atom is -0.493 e. The summed E-state index contributed by atoms with van der Waals surface area (Å²) in [4.78, 5) is 0. The molecule has 2 aliphatic carbocycles. The first-order chi connectivity index (χ1) is 9.74. The Morgan fingerprint density at radius 2 is 1.20 bits per heavy atom. The monoisotopic (exact) mass is 274 g/mol. The first kappa shape index (κ1) is 13.8. The van der Waals surface area contributed by atoms with Crippen LogP contribution < -0.4 is 9.47 Å². The molecule has 0 heterocycles. The van der Waals surface area contributed by atoms with Crippen LogP contribution in [0.5, 0.6) is 11.5 Å². The number of rotatable bonds is 6. The van der Waals surface area contributed by atoms with Crippen LogP contribution in [0.2, 0.25) is 0 Å². The Kier molecular flexibility index (Phi) is 4.18. The van der Waals surface area contributed by atoms with Crippen LogP contribution in [0, 0.1) is 25.7 Å². The molecule has 0 aliphatic heterocycles. The number of benzene rings is 1. The summed E-state index contributed by atoms with van der Waals surface area (Å²) in [6.45, 7) is 6.04.